The van der Waals surface area contributed by atoms with E-state index in [1.807, 2.05) is 0 Å². The van der Waals surface area contributed by atoms with E-state index in [-0.39, 0.29) is 6.61 Å². The van der Waals surface area contributed by atoms with Crippen LogP contribution in [0.25, 0.3) is 0 Å². The SMILES string of the molecule is CCOC(=O)C(O)c1ccc(Br)cc1COC. The molecule has 0 amide bonds. The molecule has 0 bridgehead atoms. The fourth-order valence-corrected chi connectivity index (χ4v) is 1.88. The summed E-state index contributed by atoms with van der Waals surface area (Å²) < 4.78 is 10.7. The van der Waals surface area contributed by atoms with E-state index >= 15 is 0 Å². The quantitative estimate of drug-likeness (QED) is 0.847. The van der Waals surface area contributed by atoms with Gasteiger partial charge in [0.1, 0.15) is 0 Å². The van der Waals surface area contributed by atoms with Crippen LogP contribution in [-0.2, 0) is 20.9 Å². The molecule has 0 aliphatic rings. The molecule has 0 spiro atoms. The third kappa shape index (κ3) is 3.80. The molecular formula is C12H15BrO4. The van der Waals surface area contributed by atoms with Gasteiger partial charge in [0, 0.05) is 11.6 Å². The molecule has 5 heteroatoms. The average molecular weight is 303 g/mol. The highest BCUT2D eigenvalue weighted by atomic mass is 79.9. The molecule has 0 saturated heterocycles. The van der Waals surface area contributed by atoms with E-state index in [0.717, 1.165) is 10.0 Å². The Balaban J connectivity index is 2.99. The Morgan fingerprint density at radius 2 is 2.24 bits per heavy atom. The van der Waals surface area contributed by atoms with Crippen LogP contribution in [0.2, 0.25) is 0 Å². The van der Waals surface area contributed by atoms with Crippen LogP contribution in [0.1, 0.15) is 24.2 Å². The van der Waals surface area contributed by atoms with Gasteiger partial charge < -0.3 is 14.6 Å². The molecule has 1 rings (SSSR count). The summed E-state index contributed by atoms with van der Waals surface area (Å²) in [5, 5.41) is 9.87. The monoisotopic (exact) mass is 302 g/mol. The van der Waals surface area contributed by atoms with E-state index < -0.39 is 12.1 Å². The van der Waals surface area contributed by atoms with Gasteiger partial charge >= 0.3 is 5.97 Å². The first-order valence-corrected chi connectivity index (χ1v) is 6.01. The molecule has 0 aliphatic heterocycles. The number of carbonyl (C=O) groups excluding carboxylic acids is 1. The number of aliphatic hydroxyl groups excluding tert-OH is 1. The minimum atomic E-state index is -1.27. The average Bonchev–Trinajstić information content (AvgIpc) is 2.29. The predicted octanol–water partition coefficient (Wildman–Crippen LogP) is 2.19. The molecule has 0 aliphatic carbocycles. The largest absolute Gasteiger partial charge is 0.464 e. The zero-order chi connectivity index (χ0) is 12.8. The molecule has 1 unspecified atom stereocenters. The van der Waals surface area contributed by atoms with Crippen molar-refractivity contribution in [2.45, 2.75) is 19.6 Å². The Morgan fingerprint density at radius 1 is 1.53 bits per heavy atom. The van der Waals surface area contributed by atoms with Gasteiger partial charge in [0.2, 0.25) is 0 Å². The maximum Gasteiger partial charge on any atom is 0.339 e. The summed E-state index contributed by atoms with van der Waals surface area (Å²) in [6.07, 6.45) is -1.27. The van der Waals surface area contributed by atoms with Crippen LogP contribution in [-0.4, -0.2) is 24.8 Å². The number of aliphatic hydroxyl groups is 1. The van der Waals surface area contributed by atoms with Crippen LogP contribution < -0.4 is 0 Å². The first kappa shape index (κ1) is 14.2. The highest BCUT2D eigenvalue weighted by Crippen LogP contribution is 2.24. The van der Waals surface area contributed by atoms with Gasteiger partial charge in [-0.2, -0.15) is 0 Å². The summed E-state index contributed by atoms with van der Waals surface area (Å²) in [7, 11) is 1.56. The number of ether oxygens (including phenoxy) is 2. The third-order valence-electron chi connectivity index (χ3n) is 2.21. The highest BCUT2D eigenvalue weighted by molar-refractivity contribution is 9.10. The molecule has 1 atom stereocenters. The van der Waals surface area contributed by atoms with Crippen LogP contribution in [0.4, 0.5) is 0 Å². The fourth-order valence-electron chi connectivity index (χ4n) is 1.47. The van der Waals surface area contributed by atoms with Gasteiger partial charge in [-0.15, -0.1) is 0 Å². The zero-order valence-corrected chi connectivity index (χ0v) is 11.4. The predicted molar refractivity (Wildman–Crippen MR) is 66.4 cm³/mol. The van der Waals surface area contributed by atoms with Gasteiger partial charge in [-0.25, -0.2) is 4.79 Å². The Kier molecular flexibility index (Phi) is 5.61. The van der Waals surface area contributed by atoms with Crippen molar-refractivity contribution in [3.05, 3.63) is 33.8 Å². The van der Waals surface area contributed by atoms with E-state index in [1.165, 1.54) is 0 Å². The summed E-state index contributed by atoms with van der Waals surface area (Å²) in [4.78, 5) is 11.5. The molecule has 1 N–H and O–H groups in total. The molecular weight excluding hydrogens is 288 g/mol. The van der Waals surface area contributed by atoms with E-state index in [1.54, 1.807) is 32.2 Å². The third-order valence-corrected chi connectivity index (χ3v) is 2.70. The van der Waals surface area contributed by atoms with Crippen molar-refractivity contribution in [2.75, 3.05) is 13.7 Å². The minimum Gasteiger partial charge on any atom is -0.464 e. The molecule has 0 fully saturated rings. The summed E-state index contributed by atoms with van der Waals surface area (Å²) in [5.74, 6) is -0.646. The van der Waals surface area contributed by atoms with Gasteiger partial charge in [0.05, 0.1) is 13.2 Å². The topological polar surface area (TPSA) is 55.8 Å². The number of carbonyl (C=O) groups is 1. The van der Waals surface area contributed by atoms with Gasteiger partial charge in [0.25, 0.3) is 0 Å². The summed E-state index contributed by atoms with van der Waals surface area (Å²) in [5.41, 5.74) is 1.26. The Bertz CT molecular complexity index is 392. The van der Waals surface area contributed by atoms with Gasteiger partial charge in [0.15, 0.2) is 6.10 Å². The van der Waals surface area contributed by atoms with Crippen molar-refractivity contribution < 1.29 is 19.4 Å². The number of methoxy groups -OCH3 is 1. The maximum absolute atomic E-state index is 11.5. The van der Waals surface area contributed by atoms with Crippen molar-refractivity contribution in [2.24, 2.45) is 0 Å². The lowest BCUT2D eigenvalue weighted by Gasteiger charge is -2.14. The van der Waals surface area contributed by atoms with Crippen LogP contribution >= 0.6 is 15.9 Å². The molecule has 0 aromatic heterocycles. The molecule has 1 aromatic rings. The smallest absolute Gasteiger partial charge is 0.339 e. The lowest BCUT2D eigenvalue weighted by atomic mass is 10.0. The van der Waals surface area contributed by atoms with E-state index in [9.17, 15) is 9.90 Å². The number of hydrogen-bond acceptors (Lipinski definition) is 4. The van der Waals surface area contributed by atoms with Gasteiger partial charge in [-0.1, -0.05) is 22.0 Å². The molecule has 1 aromatic carbocycles. The Morgan fingerprint density at radius 3 is 2.82 bits per heavy atom. The van der Waals surface area contributed by atoms with Crippen LogP contribution in [0.15, 0.2) is 22.7 Å². The second-order valence-corrected chi connectivity index (χ2v) is 4.35. The number of hydrogen-bond donors (Lipinski definition) is 1. The lowest BCUT2D eigenvalue weighted by Crippen LogP contribution is -2.17. The van der Waals surface area contributed by atoms with Crippen molar-refractivity contribution in [1.29, 1.82) is 0 Å². The lowest BCUT2D eigenvalue weighted by molar-refractivity contribution is -0.153. The van der Waals surface area contributed by atoms with E-state index in [0.29, 0.717) is 12.2 Å². The fraction of sp³-hybridized carbons (Fsp3) is 0.417. The number of esters is 1. The molecule has 0 heterocycles. The van der Waals surface area contributed by atoms with Crippen LogP contribution in [0.3, 0.4) is 0 Å². The zero-order valence-electron chi connectivity index (χ0n) is 9.77. The Hall–Kier alpha value is -0.910. The summed E-state index contributed by atoms with van der Waals surface area (Å²) in [6, 6.07) is 5.25. The van der Waals surface area contributed by atoms with Crippen molar-refractivity contribution in [3.8, 4) is 0 Å². The molecule has 0 radical (unpaired) electrons. The normalized spacial score (nSPS) is 12.2. The first-order valence-electron chi connectivity index (χ1n) is 5.22. The van der Waals surface area contributed by atoms with Crippen molar-refractivity contribution in [1.82, 2.24) is 0 Å². The molecule has 4 nitrogen and oxygen atoms in total. The number of benzene rings is 1. The minimum absolute atomic E-state index is 0.242. The second-order valence-electron chi connectivity index (χ2n) is 3.43. The molecule has 0 saturated carbocycles. The summed E-state index contributed by atoms with van der Waals surface area (Å²) >= 11 is 3.33. The number of rotatable bonds is 5. The second kappa shape index (κ2) is 6.74. The number of halogens is 1. The molecule has 17 heavy (non-hydrogen) atoms. The Labute approximate surface area is 109 Å². The van der Waals surface area contributed by atoms with Gasteiger partial charge in [-0.05, 0) is 30.2 Å². The van der Waals surface area contributed by atoms with Crippen molar-refractivity contribution in [3.63, 3.8) is 0 Å². The summed E-state index contributed by atoms with van der Waals surface area (Å²) in [6.45, 7) is 2.26. The van der Waals surface area contributed by atoms with Crippen LogP contribution in [0.5, 0.6) is 0 Å². The van der Waals surface area contributed by atoms with Crippen molar-refractivity contribution >= 4 is 21.9 Å². The van der Waals surface area contributed by atoms with Crippen LogP contribution in [0, 0.1) is 0 Å². The van der Waals surface area contributed by atoms with Gasteiger partial charge in [-0.3, -0.25) is 0 Å². The maximum atomic E-state index is 11.5. The molecule has 94 valence electrons. The van der Waals surface area contributed by atoms with E-state index in [2.05, 4.69) is 15.9 Å². The standard InChI is InChI=1S/C12H15BrO4/c1-3-17-12(15)11(14)10-5-4-9(13)6-8(10)7-16-2/h4-6,11,14H,3,7H2,1-2H3. The highest BCUT2D eigenvalue weighted by Gasteiger charge is 2.21. The first-order chi connectivity index (χ1) is 8.10. The van der Waals surface area contributed by atoms with E-state index in [4.69, 9.17) is 9.47 Å².